The lowest BCUT2D eigenvalue weighted by Crippen LogP contribution is -2.58. The molecule has 2 aromatic heterocycles. The molecule has 3 aromatic rings. The van der Waals surface area contributed by atoms with E-state index in [0.29, 0.717) is 19.8 Å². The number of nitrogens with zero attached hydrogens (tertiary/aromatic N) is 3. The maximum Gasteiger partial charge on any atom is 0.471 e. The Kier molecular flexibility index (Phi) is 7.53. The van der Waals surface area contributed by atoms with E-state index in [9.17, 15) is 22.8 Å². The molecule has 1 aliphatic heterocycles. The van der Waals surface area contributed by atoms with Gasteiger partial charge in [0.1, 0.15) is 0 Å². The molecule has 1 saturated carbocycles. The van der Waals surface area contributed by atoms with Crippen LogP contribution in [0.5, 0.6) is 0 Å². The van der Waals surface area contributed by atoms with Crippen molar-refractivity contribution < 1.29 is 32.0 Å². The standard InChI is InChI=1S/C26H27F3N4O4S/c27-26(28,29)23-31-21(32-37-23)19-9-10-20(38-19)22(34)30-15-18-16-36-14-13-33(18)24(35)25(11-5-2-6-12-25)17-7-3-1-4-8-17/h1,3-4,7-10,18H,2,5-6,11-16H2,(H,30,34). The monoisotopic (exact) mass is 548 g/mol. The molecule has 2 amide bonds. The van der Waals surface area contributed by atoms with Crippen LogP contribution in [0.3, 0.4) is 0 Å². The van der Waals surface area contributed by atoms with E-state index < -0.39 is 23.4 Å². The molecule has 2 fully saturated rings. The molecule has 1 aliphatic carbocycles. The molecule has 3 heterocycles. The average Bonchev–Trinajstić information content (AvgIpc) is 3.63. The molecule has 1 aromatic carbocycles. The largest absolute Gasteiger partial charge is 0.471 e. The van der Waals surface area contributed by atoms with Crippen molar-refractivity contribution in [3.8, 4) is 10.7 Å². The van der Waals surface area contributed by atoms with Crippen LogP contribution in [0.15, 0.2) is 47.0 Å². The van der Waals surface area contributed by atoms with Gasteiger partial charge in [-0.25, -0.2) is 0 Å². The molecule has 12 heteroatoms. The summed E-state index contributed by atoms with van der Waals surface area (Å²) in [7, 11) is 0. The van der Waals surface area contributed by atoms with Crippen LogP contribution in [0.4, 0.5) is 13.2 Å². The van der Waals surface area contributed by atoms with Gasteiger partial charge < -0.3 is 19.5 Å². The number of carbonyl (C=O) groups excluding carboxylic acids is 2. The molecule has 202 valence electrons. The molecule has 1 atom stereocenters. The van der Waals surface area contributed by atoms with Crippen molar-refractivity contribution in [1.82, 2.24) is 20.4 Å². The van der Waals surface area contributed by atoms with Gasteiger partial charge in [0, 0.05) is 13.1 Å². The van der Waals surface area contributed by atoms with Crippen molar-refractivity contribution in [2.75, 3.05) is 26.3 Å². The first-order chi connectivity index (χ1) is 18.3. The molecule has 0 radical (unpaired) electrons. The molecule has 0 bridgehead atoms. The van der Waals surface area contributed by atoms with Crippen LogP contribution in [0.25, 0.3) is 10.7 Å². The fourth-order valence-corrected chi connectivity index (χ4v) is 6.07. The molecular formula is C26H27F3N4O4S. The zero-order valence-electron chi connectivity index (χ0n) is 20.5. The van der Waals surface area contributed by atoms with E-state index in [2.05, 4.69) is 20.0 Å². The van der Waals surface area contributed by atoms with Gasteiger partial charge >= 0.3 is 12.1 Å². The smallest absolute Gasteiger partial charge is 0.377 e. The Morgan fingerprint density at radius 1 is 1.11 bits per heavy atom. The average molecular weight is 549 g/mol. The third kappa shape index (κ3) is 5.32. The minimum absolute atomic E-state index is 0.0712. The summed E-state index contributed by atoms with van der Waals surface area (Å²) < 4.78 is 48.2. The SMILES string of the molecule is O=C(NCC1COCCN1C(=O)C1(c2ccccc2)CCCCC1)c1ccc(-c2noc(C(F)(F)F)n2)s1. The molecule has 8 nitrogen and oxygen atoms in total. The zero-order valence-corrected chi connectivity index (χ0v) is 21.3. The van der Waals surface area contributed by atoms with Gasteiger partial charge in [0.05, 0.1) is 34.4 Å². The Balaban J connectivity index is 1.28. The Morgan fingerprint density at radius 2 is 1.87 bits per heavy atom. The highest BCUT2D eigenvalue weighted by atomic mass is 32.1. The van der Waals surface area contributed by atoms with Gasteiger partial charge in [-0.05, 0) is 30.5 Å². The van der Waals surface area contributed by atoms with E-state index in [1.54, 1.807) is 0 Å². The number of thiophene rings is 1. The lowest BCUT2D eigenvalue weighted by Gasteiger charge is -2.44. The number of halogens is 3. The summed E-state index contributed by atoms with van der Waals surface area (Å²) in [6, 6.07) is 12.5. The molecule has 5 rings (SSSR count). The van der Waals surface area contributed by atoms with E-state index in [-0.39, 0.29) is 34.1 Å². The van der Waals surface area contributed by atoms with Crippen LogP contribution in [-0.2, 0) is 21.1 Å². The summed E-state index contributed by atoms with van der Waals surface area (Å²) >= 11 is 0.955. The van der Waals surface area contributed by atoms with Crippen LogP contribution < -0.4 is 5.32 Å². The van der Waals surface area contributed by atoms with Crippen molar-refractivity contribution in [3.05, 3.63) is 58.8 Å². The number of rotatable bonds is 6. The quantitative estimate of drug-likeness (QED) is 0.481. The number of benzene rings is 1. The lowest BCUT2D eigenvalue weighted by atomic mass is 9.68. The maximum absolute atomic E-state index is 14.1. The minimum Gasteiger partial charge on any atom is -0.377 e. The number of hydrogen-bond donors (Lipinski definition) is 1. The fraction of sp³-hybridized carbons (Fsp3) is 0.462. The predicted molar refractivity (Wildman–Crippen MR) is 132 cm³/mol. The van der Waals surface area contributed by atoms with E-state index in [1.807, 2.05) is 35.2 Å². The topological polar surface area (TPSA) is 97.6 Å². The molecule has 1 saturated heterocycles. The summed E-state index contributed by atoms with van der Waals surface area (Å²) in [5.41, 5.74) is 0.446. The third-order valence-electron chi connectivity index (χ3n) is 7.15. The molecule has 2 aliphatic rings. The lowest BCUT2D eigenvalue weighted by molar-refractivity contribution is -0.159. The molecule has 38 heavy (non-hydrogen) atoms. The zero-order chi connectivity index (χ0) is 26.8. The van der Waals surface area contributed by atoms with Gasteiger partial charge in [-0.2, -0.15) is 18.2 Å². The number of hydrogen-bond acceptors (Lipinski definition) is 7. The van der Waals surface area contributed by atoms with Crippen LogP contribution in [0, 0.1) is 0 Å². The van der Waals surface area contributed by atoms with Crippen LogP contribution in [-0.4, -0.2) is 59.2 Å². The minimum atomic E-state index is -4.75. The van der Waals surface area contributed by atoms with Crippen LogP contribution in [0.1, 0.15) is 53.2 Å². The predicted octanol–water partition coefficient (Wildman–Crippen LogP) is 4.68. The Bertz CT molecular complexity index is 1270. The fourth-order valence-electron chi connectivity index (χ4n) is 5.22. The summed E-state index contributed by atoms with van der Waals surface area (Å²) in [5, 5.41) is 6.22. The highest BCUT2D eigenvalue weighted by Gasteiger charge is 2.45. The Labute approximate surface area is 221 Å². The number of carbonyl (C=O) groups is 2. The van der Waals surface area contributed by atoms with E-state index in [1.165, 1.54) is 12.1 Å². The third-order valence-corrected chi connectivity index (χ3v) is 8.23. The number of aromatic nitrogens is 2. The van der Waals surface area contributed by atoms with Gasteiger partial charge in [0.2, 0.25) is 11.7 Å². The van der Waals surface area contributed by atoms with Gasteiger partial charge in [-0.15, -0.1) is 11.3 Å². The van der Waals surface area contributed by atoms with Gasteiger partial charge in [0.15, 0.2) is 0 Å². The van der Waals surface area contributed by atoms with Gasteiger partial charge in [-0.3, -0.25) is 9.59 Å². The number of alkyl halides is 3. The molecular weight excluding hydrogens is 521 g/mol. The second-order valence-corrected chi connectivity index (χ2v) is 10.6. The molecule has 0 spiro atoms. The van der Waals surface area contributed by atoms with E-state index >= 15 is 0 Å². The first-order valence-electron chi connectivity index (χ1n) is 12.5. The van der Waals surface area contributed by atoms with Crippen molar-refractivity contribution >= 4 is 23.2 Å². The first-order valence-corrected chi connectivity index (χ1v) is 13.3. The van der Waals surface area contributed by atoms with Gasteiger partial charge in [0.25, 0.3) is 5.91 Å². The second kappa shape index (κ2) is 10.9. The second-order valence-electron chi connectivity index (χ2n) is 9.53. The number of ether oxygens (including phenoxy) is 1. The van der Waals surface area contributed by atoms with Crippen molar-refractivity contribution in [1.29, 1.82) is 0 Å². The summed E-state index contributed by atoms with van der Waals surface area (Å²) in [4.78, 5) is 32.7. The summed E-state index contributed by atoms with van der Waals surface area (Å²) in [6.07, 6.45) is -0.0952. The van der Waals surface area contributed by atoms with Crippen molar-refractivity contribution in [2.24, 2.45) is 0 Å². The Hall–Kier alpha value is -3.25. The number of nitrogens with one attached hydrogen (secondary N) is 1. The van der Waals surface area contributed by atoms with Crippen molar-refractivity contribution in [3.63, 3.8) is 0 Å². The highest BCUT2D eigenvalue weighted by Crippen LogP contribution is 2.41. The maximum atomic E-state index is 14.1. The van der Waals surface area contributed by atoms with E-state index in [0.717, 1.165) is 49.0 Å². The summed E-state index contributed by atoms with van der Waals surface area (Å²) in [5.74, 6) is -2.02. The summed E-state index contributed by atoms with van der Waals surface area (Å²) in [6.45, 7) is 1.36. The number of amides is 2. The number of morpholine rings is 1. The normalized spacial score (nSPS) is 19.8. The molecule has 1 N–H and O–H groups in total. The first kappa shape index (κ1) is 26.4. The molecule has 1 unspecified atom stereocenters. The van der Waals surface area contributed by atoms with Gasteiger partial charge in [-0.1, -0.05) is 54.8 Å². The van der Waals surface area contributed by atoms with E-state index in [4.69, 9.17) is 4.74 Å². The highest BCUT2D eigenvalue weighted by molar-refractivity contribution is 7.17. The van der Waals surface area contributed by atoms with Crippen molar-refractivity contribution in [2.45, 2.75) is 49.7 Å². The van der Waals surface area contributed by atoms with Crippen LogP contribution in [0.2, 0.25) is 0 Å². The van der Waals surface area contributed by atoms with Crippen LogP contribution >= 0.6 is 11.3 Å². The Morgan fingerprint density at radius 3 is 2.58 bits per heavy atom.